The van der Waals surface area contributed by atoms with Gasteiger partial charge in [0.15, 0.2) is 0 Å². The van der Waals surface area contributed by atoms with Gasteiger partial charge in [0.05, 0.1) is 9.89 Å². The number of hydrogen-bond acceptors (Lipinski definition) is 3. The normalized spacial score (nSPS) is 20.5. The molecule has 1 aliphatic rings. The van der Waals surface area contributed by atoms with Gasteiger partial charge in [-0.1, -0.05) is 0 Å². The molecule has 0 aromatic carbocycles. The van der Waals surface area contributed by atoms with E-state index in [1.165, 1.54) is 27.1 Å². The van der Waals surface area contributed by atoms with Gasteiger partial charge in [0, 0.05) is 18.0 Å². The standard InChI is InChI=1S/C12H18BrNOS/c1-9-7-11(16-12(9)13)8-14-5-4-10-3-2-6-15-10/h7,10,14H,2-6,8H2,1H3. The molecule has 2 rings (SSSR count). The molecule has 1 aromatic heterocycles. The molecule has 1 aliphatic heterocycles. The molecule has 0 radical (unpaired) electrons. The summed E-state index contributed by atoms with van der Waals surface area (Å²) in [5.74, 6) is 0. The topological polar surface area (TPSA) is 21.3 Å². The van der Waals surface area contributed by atoms with Crippen molar-refractivity contribution in [2.75, 3.05) is 13.2 Å². The SMILES string of the molecule is Cc1cc(CNCCC2CCCO2)sc1Br. The van der Waals surface area contributed by atoms with E-state index in [1.54, 1.807) is 0 Å². The smallest absolute Gasteiger partial charge is 0.0730 e. The molecule has 4 heteroatoms. The van der Waals surface area contributed by atoms with Crippen LogP contribution in [-0.4, -0.2) is 19.3 Å². The molecule has 0 aliphatic carbocycles. The van der Waals surface area contributed by atoms with E-state index in [0.29, 0.717) is 6.10 Å². The molecule has 0 bridgehead atoms. The van der Waals surface area contributed by atoms with E-state index in [4.69, 9.17) is 4.74 Å². The molecule has 2 heterocycles. The fourth-order valence-corrected chi connectivity index (χ4v) is 3.56. The zero-order chi connectivity index (χ0) is 11.4. The Kier molecular flexibility index (Phi) is 4.82. The Morgan fingerprint density at radius 3 is 3.12 bits per heavy atom. The van der Waals surface area contributed by atoms with Gasteiger partial charge in [0.2, 0.25) is 0 Å². The van der Waals surface area contributed by atoms with Crippen LogP contribution in [0.1, 0.15) is 29.7 Å². The van der Waals surface area contributed by atoms with Crippen molar-refractivity contribution >= 4 is 27.3 Å². The van der Waals surface area contributed by atoms with Crippen LogP contribution in [0.5, 0.6) is 0 Å². The highest BCUT2D eigenvalue weighted by Gasteiger charge is 2.14. The number of hydrogen-bond donors (Lipinski definition) is 1. The predicted molar refractivity (Wildman–Crippen MR) is 72.1 cm³/mol. The summed E-state index contributed by atoms with van der Waals surface area (Å²) in [6.45, 7) is 5.13. The largest absolute Gasteiger partial charge is 0.378 e. The van der Waals surface area contributed by atoms with Crippen LogP contribution in [0.25, 0.3) is 0 Å². The second-order valence-electron chi connectivity index (χ2n) is 4.27. The molecular weight excluding hydrogens is 286 g/mol. The van der Waals surface area contributed by atoms with E-state index in [2.05, 4.69) is 34.2 Å². The van der Waals surface area contributed by atoms with E-state index >= 15 is 0 Å². The first-order valence-electron chi connectivity index (χ1n) is 5.83. The molecule has 90 valence electrons. The molecule has 16 heavy (non-hydrogen) atoms. The molecule has 1 N–H and O–H groups in total. The molecule has 1 saturated heterocycles. The predicted octanol–water partition coefficient (Wildman–Crippen LogP) is 3.48. The Morgan fingerprint density at radius 2 is 2.50 bits per heavy atom. The fourth-order valence-electron chi connectivity index (χ4n) is 1.96. The lowest BCUT2D eigenvalue weighted by atomic mass is 10.2. The highest BCUT2D eigenvalue weighted by atomic mass is 79.9. The van der Waals surface area contributed by atoms with Crippen LogP contribution in [0, 0.1) is 6.92 Å². The summed E-state index contributed by atoms with van der Waals surface area (Å²) in [5.41, 5.74) is 1.33. The molecular formula is C12H18BrNOS. The zero-order valence-corrected chi connectivity index (χ0v) is 12.0. The van der Waals surface area contributed by atoms with Crippen molar-refractivity contribution in [1.29, 1.82) is 0 Å². The lowest BCUT2D eigenvalue weighted by Gasteiger charge is -2.09. The lowest BCUT2D eigenvalue weighted by Crippen LogP contribution is -2.19. The molecule has 0 spiro atoms. The third kappa shape index (κ3) is 3.55. The Bertz CT molecular complexity index is 314. The van der Waals surface area contributed by atoms with Gasteiger partial charge < -0.3 is 10.1 Å². The number of nitrogens with one attached hydrogen (secondary N) is 1. The molecule has 1 unspecified atom stereocenters. The molecule has 0 saturated carbocycles. The second kappa shape index (κ2) is 6.15. The minimum absolute atomic E-state index is 0.504. The number of ether oxygens (including phenoxy) is 1. The Morgan fingerprint density at radius 1 is 1.62 bits per heavy atom. The first-order valence-corrected chi connectivity index (χ1v) is 7.44. The van der Waals surface area contributed by atoms with Crippen LogP contribution in [0.4, 0.5) is 0 Å². The fraction of sp³-hybridized carbons (Fsp3) is 0.667. The summed E-state index contributed by atoms with van der Waals surface area (Å²) in [6, 6.07) is 2.24. The van der Waals surface area contributed by atoms with Crippen LogP contribution in [0.15, 0.2) is 9.85 Å². The summed E-state index contributed by atoms with van der Waals surface area (Å²) < 4.78 is 6.84. The monoisotopic (exact) mass is 303 g/mol. The van der Waals surface area contributed by atoms with Crippen LogP contribution >= 0.6 is 27.3 Å². The van der Waals surface area contributed by atoms with Gasteiger partial charge in [-0.3, -0.25) is 0 Å². The van der Waals surface area contributed by atoms with Crippen molar-refractivity contribution in [3.63, 3.8) is 0 Å². The summed E-state index contributed by atoms with van der Waals surface area (Å²) >= 11 is 5.37. The first kappa shape index (κ1) is 12.6. The molecule has 1 fully saturated rings. The quantitative estimate of drug-likeness (QED) is 0.841. The average Bonchev–Trinajstić information content (AvgIpc) is 2.85. The Balaban J connectivity index is 1.64. The molecule has 0 amide bonds. The van der Waals surface area contributed by atoms with Crippen molar-refractivity contribution in [2.24, 2.45) is 0 Å². The van der Waals surface area contributed by atoms with Crippen molar-refractivity contribution in [2.45, 2.75) is 38.8 Å². The maximum absolute atomic E-state index is 5.58. The number of aryl methyl sites for hydroxylation is 1. The van der Waals surface area contributed by atoms with Gasteiger partial charge in [0.25, 0.3) is 0 Å². The minimum atomic E-state index is 0.504. The summed E-state index contributed by atoms with van der Waals surface area (Å²) in [6.07, 6.45) is 4.13. The third-order valence-corrected chi connectivity index (χ3v) is 5.01. The van der Waals surface area contributed by atoms with Crippen LogP contribution in [-0.2, 0) is 11.3 Å². The Hall–Kier alpha value is 0.100. The second-order valence-corrected chi connectivity index (χ2v) is 6.72. The average molecular weight is 304 g/mol. The zero-order valence-electron chi connectivity index (χ0n) is 9.59. The van der Waals surface area contributed by atoms with Gasteiger partial charge in [-0.05, 0) is 60.3 Å². The van der Waals surface area contributed by atoms with E-state index in [0.717, 1.165) is 26.1 Å². The van der Waals surface area contributed by atoms with Gasteiger partial charge >= 0.3 is 0 Å². The number of thiophene rings is 1. The maximum Gasteiger partial charge on any atom is 0.0730 e. The van der Waals surface area contributed by atoms with E-state index < -0.39 is 0 Å². The number of rotatable bonds is 5. The van der Waals surface area contributed by atoms with Crippen LogP contribution in [0.3, 0.4) is 0 Å². The lowest BCUT2D eigenvalue weighted by molar-refractivity contribution is 0.104. The van der Waals surface area contributed by atoms with Gasteiger partial charge in [-0.15, -0.1) is 11.3 Å². The highest BCUT2D eigenvalue weighted by molar-refractivity contribution is 9.11. The molecule has 2 nitrogen and oxygen atoms in total. The summed E-state index contributed by atoms with van der Waals surface area (Å²) in [7, 11) is 0. The van der Waals surface area contributed by atoms with Gasteiger partial charge in [-0.2, -0.15) is 0 Å². The maximum atomic E-state index is 5.58. The summed E-state index contributed by atoms with van der Waals surface area (Å²) in [5, 5.41) is 3.48. The van der Waals surface area contributed by atoms with E-state index in [9.17, 15) is 0 Å². The third-order valence-electron chi connectivity index (χ3n) is 2.87. The van der Waals surface area contributed by atoms with Crippen LogP contribution in [0.2, 0.25) is 0 Å². The van der Waals surface area contributed by atoms with Crippen molar-refractivity contribution in [3.8, 4) is 0 Å². The molecule has 1 aromatic rings. The van der Waals surface area contributed by atoms with Crippen molar-refractivity contribution in [3.05, 3.63) is 20.3 Å². The van der Waals surface area contributed by atoms with Crippen molar-refractivity contribution in [1.82, 2.24) is 5.32 Å². The highest BCUT2D eigenvalue weighted by Crippen LogP contribution is 2.27. The van der Waals surface area contributed by atoms with E-state index in [1.807, 2.05) is 11.3 Å². The van der Waals surface area contributed by atoms with Crippen molar-refractivity contribution < 1.29 is 4.74 Å². The van der Waals surface area contributed by atoms with E-state index in [-0.39, 0.29) is 0 Å². The van der Waals surface area contributed by atoms with Crippen LogP contribution < -0.4 is 5.32 Å². The molecule has 1 atom stereocenters. The van der Waals surface area contributed by atoms with Gasteiger partial charge in [0.1, 0.15) is 0 Å². The Labute approximate surface area is 110 Å². The number of halogens is 1. The minimum Gasteiger partial charge on any atom is -0.378 e. The first-order chi connectivity index (χ1) is 7.75. The van der Waals surface area contributed by atoms with Gasteiger partial charge in [-0.25, -0.2) is 0 Å². The summed E-state index contributed by atoms with van der Waals surface area (Å²) in [4.78, 5) is 1.40.